The molecule has 2 rings (SSSR count). The third-order valence-electron chi connectivity index (χ3n) is 3.76. The van der Waals surface area contributed by atoms with Gasteiger partial charge in [0.25, 0.3) is 0 Å². The Labute approximate surface area is 136 Å². The molecule has 1 fully saturated rings. The quantitative estimate of drug-likeness (QED) is 0.782. The van der Waals surface area contributed by atoms with Gasteiger partial charge in [-0.25, -0.2) is 17.5 Å². The minimum Gasteiger partial charge on any atom is -0.381 e. The fourth-order valence-corrected chi connectivity index (χ4v) is 4.01. The summed E-state index contributed by atoms with van der Waals surface area (Å²) < 4.78 is 46.1. The zero-order valence-corrected chi connectivity index (χ0v) is 14.0. The van der Waals surface area contributed by atoms with E-state index in [9.17, 15) is 17.6 Å². The Balaban J connectivity index is 2.21. The lowest BCUT2D eigenvalue weighted by Crippen LogP contribution is -2.49. The molecule has 1 aliphatic heterocycles. The van der Waals surface area contributed by atoms with Crippen molar-refractivity contribution in [3.63, 3.8) is 0 Å². The minimum absolute atomic E-state index is 0.181. The smallest absolute Gasteiger partial charge is 0.243 e. The van der Waals surface area contributed by atoms with E-state index in [0.29, 0.717) is 30.5 Å². The first-order valence-corrected chi connectivity index (χ1v) is 8.87. The Kier molecular flexibility index (Phi) is 5.21. The van der Waals surface area contributed by atoms with E-state index in [1.165, 1.54) is 12.1 Å². The van der Waals surface area contributed by atoms with Crippen LogP contribution in [0.5, 0.6) is 0 Å². The molecule has 22 heavy (non-hydrogen) atoms. The molecule has 3 N–H and O–H groups in total. The van der Waals surface area contributed by atoms with Gasteiger partial charge in [0.15, 0.2) is 0 Å². The summed E-state index contributed by atoms with van der Waals surface area (Å²) in [7, 11) is -4.09. The van der Waals surface area contributed by atoms with Gasteiger partial charge >= 0.3 is 0 Å². The van der Waals surface area contributed by atoms with Crippen LogP contribution < -0.4 is 10.5 Å². The first-order chi connectivity index (χ1) is 10.3. The van der Waals surface area contributed by atoms with Crippen LogP contribution in [0.3, 0.4) is 0 Å². The van der Waals surface area contributed by atoms with Crippen LogP contribution in [-0.4, -0.2) is 34.1 Å². The normalized spacial score (nSPS) is 18.1. The standard InChI is InChI=1S/C13H16BrFN2O4S/c14-9-1-2-10(15)11(7-9)22(19,20)17-8-13(12(16)18)3-5-21-6-4-13/h1-2,7,17H,3-6,8H2,(H2,16,18). The number of sulfonamides is 1. The molecule has 1 aromatic carbocycles. The van der Waals surface area contributed by atoms with Gasteiger partial charge in [0, 0.05) is 24.2 Å². The Bertz CT molecular complexity index is 675. The molecule has 1 aromatic rings. The number of nitrogens with one attached hydrogen (secondary N) is 1. The van der Waals surface area contributed by atoms with Crippen LogP contribution in [0.15, 0.2) is 27.6 Å². The van der Waals surface area contributed by atoms with Crippen molar-refractivity contribution < 1.29 is 22.3 Å². The molecule has 0 radical (unpaired) electrons. The fraction of sp³-hybridized carbons (Fsp3) is 0.462. The Morgan fingerprint density at radius 1 is 1.41 bits per heavy atom. The number of hydrogen-bond acceptors (Lipinski definition) is 4. The van der Waals surface area contributed by atoms with Gasteiger partial charge in [0.2, 0.25) is 15.9 Å². The van der Waals surface area contributed by atoms with Crippen LogP contribution in [0.2, 0.25) is 0 Å². The molecule has 0 saturated carbocycles. The average Bonchev–Trinajstić information content (AvgIpc) is 2.48. The third kappa shape index (κ3) is 3.65. The molecule has 1 saturated heterocycles. The highest BCUT2D eigenvalue weighted by Crippen LogP contribution is 2.30. The summed E-state index contributed by atoms with van der Waals surface area (Å²) in [6.45, 7) is 0.478. The highest BCUT2D eigenvalue weighted by Gasteiger charge is 2.39. The SMILES string of the molecule is NC(=O)C1(CNS(=O)(=O)c2cc(Br)ccc2F)CCOCC1. The van der Waals surface area contributed by atoms with Gasteiger partial charge in [0.05, 0.1) is 5.41 Å². The molecule has 122 valence electrons. The molecule has 0 aliphatic carbocycles. The van der Waals surface area contributed by atoms with Gasteiger partial charge in [-0.1, -0.05) is 15.9 Å². The molecule has 9 heteroatoms. The minimum atomic E-state index is -4.09. The lowest BCUT2D eigenvalue weighted by molar-refractivity contribution is -0.132. The summed E-state index contributed by atoms with van der Waals surface area (Å²) in [5, 5.41) is 0. The Morgan fingerprint density at radius 2 is 2.05 bits per heavy atom. The van der Waals surface area contributed by atoms with Crippen LogP contribution in [0.4, 0.5) is 4.39 Å². The van der Waals surface area contributed by atoms with Crippen LogP contribution in [0.25, 0.3) is 0 Å². The lowest BCUT2D eigenvalue weighted by atomic mass is 9.80. The van der Waals surface area contributed by atoms with Gasteiger partial charge in [-0.15, -0.1) is 0 Å². The summed E-state index contributed by atoms with van der Waals surface area (Å²) in [5.41, 5.74) is 4.41. The van der Waals surface area contributed by atoms with Gasteiger partial charge in [-0.05, 0) is 31.0 Å². The van der Waals surface area contributed by atoms with Crippen LogP contribution in [-0.2, 0) is 19.6 Å². The zero-order chi connectivity index (χ0) is 16.4. The van der Waals surface area contributed by atoms with Crippen molar-refractivity contribution in [3.8, 4) is 0 Å². The van der Waals surface area contributed by atoms with E-state index in [4.69, 9.17) is 10.5 Å². The summed E-state index contributed by atoms with van der Waals surface area (Å²) in [4.78, 5) is 11.2. The Morgan fingerprint density at radius 3 is 2.64 bits per heavy atom. The molecule has 6 nitrogen and oxygen atoms in total. The van der Waals surface area contributed by atoms with E-state index in [2.05, 4.69) is 20.7 Å². The fourth-order valence-electron chi connectivity index (χ4n) is 2.27. The highest BCUT2D eigenvalue weighted by atomic mass is 79.9. The number of benzene rings is 1. The van der Waals surface area contributed by atoms with Gasteiger partial charge in [0.1, 0.15) is 10.7 Å². The van der Waals surface area contributed by atoms with E-state index in [1.807, 2.05) is 0 Å². The highest BCUT2D eigenvalue weighted by molar-refractivity contribution is 9.10. The molecule has 0 aromatic heterocycles. The largest absolute Gasteiger partial charge is 0.381 e. The van der Waals surface area contributed by atoms with E-state index in [1.54, 1.807) is 0 Å². The summed E-state index contributed by atoms with van der Waals surface area (Å²) in [6, 6.07) is 3.62. The van der Waals surface area contributed by atoms with Crippen molar-refractivity contribution in [1.82, 2.24) is 4.72 Å². The van der Waals surface area contributed by atoms with Crippen molar-refractivity contribution in [2.45, 2.75) is 17.7 Å². The monoisotopic (exact) mass is 394 g/mol. The van der Waals surface area contributed by atoms with Crippen LogP contribution >= 0.6 is 15.9 Å². The number of primary amides is 1. The predicted molar refractivity (Wildman–Crippen MR) is 81.0 cm³/mol. The molecule has 1 aliphatic rings. The first kappa shape index (κ1) is 17.3. The van der Waals surface area contributed by atoms with Gasteiger partial charge < -0.3 is 10.5 Å². The topological polar surface area (TPSA) is 98.5 Å². The molecule has 0 atom stereocenters. The molecule has 0 bridgehead atoms. The number of halogens is 2. The first-order valence-electron chi connectivity index (χ1n) is 6.59. The number of amides is 1. The predicted octanol–water partition coefficient (Wildman–Crippen LogP) is 1.15. The lowest BCUT2D eigenvalue weighted by Gasteiger charge is -2.34. The van der Waals surface area contributed by atoms with Crippen molar-refractivity contribution in [2.24, 2.45) is 11.1 Å². The maximum atomic E-state index is 13.7. The molecular formula is C13H16BrFN2O4S. The third-order valence-corrected chi connectivity index (χ3v) is 5.67. The second kappa shape index (κ2) is 6.61. The molecule has 1 heterocycles. The number of carbonyl (C=O) groups is 1. The van der Waals surface area contributed by atoms with Crippen molar-refractivity contribution >= 4 is 31.9 Å². The van der Waals surface area contributed by atoms with Crippen LogP contribution in [0.1, 0.15) is 12.8 Å². The maximum absolute atomic E-state index is 13.7. The Hall–Kier alpha value is -1.03. The number of carbonyl (C=O) groups excluding carboxylic acids is 1. The van der Waals surface area contributed by atoms with Crippen molar-refractivity contribution in [2.75, 3.05) is 19.8 Å². The maximum Gasteiger partial charge on any atom is 0.243 e. The van der Waals surface area contributed by atoms with Crippen LogP contribution in [0, 0.1) is 11.2 Å². The van der Waals surface area contributed by atoms with Gasteiger partial charge in [-0.2, -0.15) is 0 Å². The number of ether oxygens (including phenoxy) is 1. The van der Waals surface area contributed by atoms with E-state index in [-0.39, 0.29) is 6.54 Å². The number of nitrogens with two attached hydrogens (primary N) is 1. The summed E-state index contributed by atoms with van der Waals surface area (Å²) in [5.74, 6) is -1.45. The number of hydrogen-bond donors (Lipinski definition) is 2. The summed E-state index contributed by atoms with van der Waals surface area (Å²) >= 11 is 3.10. The second-order valence-corrected chi connectivity index (χ2v) is 7.81. The van der Waals surface area contributed by atoms with Crippen molar-refractivity contribution in [1.29, 1.82) is 0 Å². The molecule has 0 spiro atoms. The average molecular weight is 395 g/mol. The molecular weight excluding hydrogens is 379 g/mol. The van der Waals surface area contributed by atoms with Crippen molar-refractivity contribution in [3.05, 3.63) is 28.5 Å². The number of rotatable bonds is 5. The zero-order valence-electron chi connectivity index (χ0n) is 11.6. The molecule has 0 unspecified atom stereocenters. The molecule has 1 amide bonds. The second-order valence-electron chi connectivity index (χ2n) is 5.16. The van der Waals surface area contributed by atoms with E-state index in [0.717, 1.165) is 6.07 Å². The van der Waals surface area contributed by atoms with E-state index < -0.39 is 32.1 Å². The van der Waals surface area contributed by atoms with E-state index >= 15 is 0 Å². The summed E-state index contributed by atoms with van der Waals surface area (Å²) in [6.07, 6.45) is 0.650. The van der Waals surface area contributed by atoms with Gasteiger partial charge in [-0.3, -0.25) is 4.79 Å².